The van der Waals surface area contributed by atoms with Gasteiger partial charge in [-0.25, -0.2) is 4.79 Å². The van der Waals surface area contributed by atoms with Crippen LogP contribution in [0.15, 0.2) is 18.2 Å². The highest BCUT2D eigenvalue weighted by Gasteiger charge is 2.19. The monoisotopic (exact) mass is 363 g/mol. The maximum atomic E-state index is 11.9. The largest absolute Gasteiger partial charge is 0.473 e. The van der Waals surface area contributed by atoms with Crippen molar-refractivity contribution in [2.24, 2.45) is 7.05 Å². The minimum absolute atomic E-state index is 0.0890. The van der Waals surface area contributed by atoms with Gasteiger partial charge in [0.1, 0.15) is 18.3 Å². The van der Waals surface area contributed by atoms with Gasteiger partial charge in [-0.3, -0.25) is 10.00 Å². The van der Waals surface area contributed by atoms with Crippen LogP contribution in [0.1, 0.15) is 20.8 Å². The number of aryl methyl sites for hydroxylation is 1. The molecule has 0 radical (unpaired) electrons. The Kier molecular flexibility index (Phi) is 5.33. The average molecular weight is 363 g/mol. The van der Waals surface area contributed by atoms with Crippen molar-refractivity contribution in [3.8, 4) is 5.88 Å². The third-order valence-corrected chi connectivity index (χ3v) is 3.75. The highest BCUT2D eigenvalue weighted by atomic mass is 16.6. The summed E-state index contributed by atoms with van der Waals surface area (Å²) in [6.45, 7) is 7.57. The Bertz CT molecular complexity index is 775. The summed E-state index contributed by atoms with van der Waals surface area (Å²) in [4.78, 5) is 11.9. The number of carbonyl (C=O) groups is 1. The molecule has 142 valence electrons. The van der Waals surface area contributed by atoms with Crippen molar-refractivity contribution in [2.75, 3.05) is 31.7 Å². The maximum absolute atomic E-state index is 11.9. The number of carbonyl (C=O) groups excluding carboxylic acids is 1. The predicted octanol–water partition coefficient (Wildman–Crippen LogP) is 2.71. The number of aromatic nitrogens is 2. The molecule has 0 spiro atoms. The standard InChI is InChI=1S/C18H25N3O5/c1-18(2,3)26-17(22)19-12-5-6-14-15(9-12)21(4)20-16(14)25-11-13-10-23-7-8-24-13/h5-6,9,13H,7-8,10-11H2,1-4H3,(H,19,22)/t13-/m0/s1. The number of ether oxygens (including phenoxy) is 4. The molecule has 1 amide bonds. The fourth-order valence-electron chi connectivity index (χ4n) is 2.63. The van der Waals surface area contributed by atoms with E-state index in [4.69, 9.17) is 18.9 Å². The molecule has 1 aromatic carbocycles. The lowest BCUT2D eigenvalue weighted by Crippen LogP contribution is -2.33. The Hall–Kier alpha value is -2.32. The van der Waals surface area contributed by atoms with E-state index in [1.807, 2.05) is 40.0 Å². The molecule has 1 N–H and O–H groups in total. The number of hydrogen-bond donors (Lipinski definition) is 1. The van der Waals surface area contributed by atoms with Crippen molar-refractivity contribution in [1.82, 2.24) is 9.78 Å². The number of nitrogens with one attached hydrogen (secondary N) is 1. The molecule has 8 heteroatoms. The van der Waals surface area contributed by atoms with E-state index in [0.29, 0.717) is 38.0 Å². The first-order valence-corrected chi connectivity index (χ1v) is 8.61. The quantitative estimate of drug-likeness (QED) is 0.899. The number of nitrogens with zero attached hydrogens (tertiary/aromatic N) is 2. The molecule has 1 atom stereocenters. The van der Waals surface area contributed by atoms with Crippen molar-refractivity contribution < 1.29 is 23.7 Å². The van der Waals surface area contributed by atoms with Gasteiger partial charge in [-0.2, -0.15) is 0 Å². The second-order valence-corrected chi connectivity index (χ2v) is 7.17. The molecule has 1 aliphatic rings. The molecule has 1 aliphatic heterocycles. The lowest BCUT2D eigenvalue weighted by Gasteiger charge is -2.22. The fourth-order valence-corrected chi connectivity index (χ4v) is 2.63. The summed E-state index contributed by atoms with van der Waals surface area (Å²) in [5, 5.41) is 8.00. The number of rotatable bonds is 4. The van der Waals surface area contributed by atoms with Crippen molar-refractivity contribution >= 4 is 22.7 Å². The van der Waals surface area contributed by atoms with E-state index in [0.717, 1.165) is 10.9 Å². The van der Waals surface area contributed by atoms with Crippen LogP contribution in [0.3, 0.4) is 0 Å². The summed E-state index contributed by atoms with van der Waals surface area (Å²) >= 11 is 0. The maximum Gasteiger partial charge on any atom is 0.412 e. The third kappa shape index (κ3) is 4.64. The molecule has 2 aromatic rings. The van der Waals surface area contributed by atoms with Crippen LogP contribution in [0.5, 0.6) is 5.88 Å². The molecule has 26 heavy (non-hydrogen) atoms. The van der Waals surface area contributed by atoms with Gasteiger partial charge in [0.2, 0.25) is 5.88 Å². The van der Waals surface area contributed by atoms with Crippen LogP contribution >= 0.6 is 0 Å². The molecule has 1 fully saturated rings. The normalized spacial score (nSPS) is 17.9. The number of benzene rings is 1. The van der Waals surface area contributed by atoms with Gasteiger partial charge in [0.05, 0.1) is 30.7 Å². The third-order valence-electron chi connectivity index (χ3n) is 3.75. The Balaban J connectivity index is 1.70. The first-order chi connectivity index (χ1) is 12.3. The van der Waals surface area contributed by atoms with E-state index >= 15 is 0 Å². The molecule has 0 bridgehead atoms. The van der Waals surface area contributed by atoms with Crippen LogP contribution in [0, 0.1) is 0 Å². The van der Waals surface area contributed by atoms with Gasteiger partial charge in [0, 0.05) is 12.7 Å². The molecule has 0 aliphatic carbocycles. The van der Waals surface area contributed by atoms with Gasteiger partial charge in [0.25, 0.3) is 0 Å². The Morgan fingerprint density at radius 1 is 1.38 bits per heavy atom. The van der Waals surface area contributed by atoms with Gasteiger partial charge in [-0.15, -0.1) is 5.10 Å². The van der Waals surface area contributed by atoms with E-state index in [2.05, 4.69) is 10.4 Å². The topological polar surface area (TPSA) is 83.8 Å². The molecule has 0 saturated carbocycles. The Morgan fingerprint density at radius 3 is 2.88 bits per heavy atom. The Labute approximate surface area is 152 Å². The van der Waals surface area contributed by atoms with Crippen molar-refractivity contribution in [3.05, 3.63) is 18.2 Å². The van der Waals surface area contributed by atoms with Gasteiger partial charge in [0.15, 0.2) is 0 Å². The van der Waals surface area contributed by atoms with E-state index in [1.54, 1.807) is 10.7 Å². The summed E-state index contributed by atoms with van der Waals surface area (Å²) in [5.74, 6) is 0.528. The smallest absolute Gasteiger partial charge is 0.412 e. The number of fused-ring (bicyclic) bond motifs is 1. The molecule has 0 unspecified atom stereocenters. The van der Waals surface area contributed by atoms with Gasteiger partial charge in [-0.05, 0) is 39.0 Å². The minimum atomic E-state index is -0.549. The fraction of sp³-hybridized carbons (Fsp3) is 0.556. The second-order valence-electron chi connectivity index (χ2n) is 7.17. The molecular formula is C18H25N3O5. The summed E-state index contributed by atoms with van der Waals surface area (Å²) in [6, 6.07) is 5.49. The van der Waals surface area contributed by atoms with Crippen molar-refractivity contribution in [1.29, 1.82) is 0 Å². The van der Waals surface area contributed by atoms with E-state index in [-0.39, 0.29) is 6.10 Å². The van der Waals surface area contributed by atoms with Crippen LogP contribution in [-0.2, 0) is 21.3 Å². The van der Waals surface area contributed by atoms with Crippen molar-refractivity contribution in [3.63, 3.8) is 0 Å². The summed E-state index contributed by atoms with van der Waals surface area (Å²) in [5.41, 5.74) is 0.923. The lowest BCUT2D eigenvalue weighted by atomic mass is 10.2. The van der Waals surface area contributed by atoms with Gasteiger partial charge < -0.3 is 18.9 Å². The molecular weight excluding hydrogens is 338 g/mol. The molecule has 1 aromatic heterocycles. The SMILES string of the molecule is Cn1nc(OC[C@@H]2COCCO2)c2ccc(NC(=O)OC(C)(C)C)cc21. The van der Waals surface area contributed by atoms with Gasteiger partial charge in [-0.1, -0.05) is 0 Å². The zero-order valence-corrected chi connectivity index (χ0v) is 15.6. The predicted molar refractivity (Wildman–Crippen MR) is 96.6 cm³/mol. The van der Waals surface area contributed by atoms with Crippen LogP contribution < -0.4 is 10.1 Å². The number of anilines is 1. The zero-order valence-electron chi connectivity index (χ0n) is 15.6. The summed E-state index contributed by atoms with van der Waals surface area (Å²) in [7, 11) is 1.83. The Morgan fingerprint density at radius 2 is 2.19 bits per heavy atom. The van der Waals surface area contributed by atoms with Gasteiger partial charge >= 0.3 is 6.09 Å². The summed E-state index contributed by atoms with van der Waals surface area (Å²) in [6.07, 6.45) is -0.584. The number of amides is 1. The molecule has 3 rings (SSSR count). The van der Waals surface area contributed by atoms with Crippen LogP contribution in [0.2, 0.25) is 0 Å². The molecule has 1 saturated heterocycles. The van der Waals surface area contributed by atoms with Crippen molar-refractivity contribution in [2.45, 2.75) is 32.5 Å². The highest BCUT2D eigenvalue weighted by Crippen LogP contribution is 2.27. The molecule has 8 nitrogen and oxygen atoms in total. The van der Waals surface area contributed by atoms with E-state index in [9.17, 15) is 4.79 Å². The van der Waals surface area contributed by atoms with Crippen LogP contribution in [0.25, 0.3) is 10.9 Å². The highest BCUT2D eigenvalue weighted by molar-refractivity contribution is 5.92. The second kappa shape index (κ2) is 7.51. The minimum Gasteiger partial charge on any atom is -0.473 e. The number of hydrogen-bond acceptors (Lipinski definition) is 6. The first-order valence-electron chi connectivity index (χ1n) is 8.61. The lowest BCUT2D eigenvalue weighted by molar-refractivity contribution is -0.101. The summed E-state index contributed by atoms with van der Waals surface area (Å²) < 4.78 is 23.7. The van der Waals surface area contributed by atoms with Crippen LogP contribution in [-0.4, -0.2) is 54.0 Å². The van der Waals surface area contributed by atoms with E-state index in [1.165, 1.54) is 0 Å². The average Bonchev–Trinajstić information content (AvgIpc) is 2.88. The molecule has 2 heterocycles. The van der Waals surface area contributed by atoms with Crippen LogP contribution in [0.4, 0.5) is 10.5 Å². The zero-order chi connectivity index (χ0) is 18.7. The van der Waals surface area contributed by atoms with E-state index < -0.39 is 11.7 Å². The first kappa shape index (κ1) is 18.5.